The topological polar surface area (TPSA) is 76.4 Å². The first-order chi connectivity index (χ1) is 9.76. The van der Waals surface area contributed by atoms with Crippen LogP contribution in [0.5, 0.6) is 0 Å². The lowest BCUT2D eigenvalue weighted by atomic mass is 9.73. The van der Waals surface area contributed by atoms with Crippen LogP contribution in [0.3, 0.4) is 0 Å². The van der Waals surface area contributed by atoms with Crippen molar-refractivity contribution in [3.05, 3.63) is 12.2 Å². The first kappa shape index (κ1) is 17.2. The summed E-state index contributed by atoms with van der Waals surface area (Å²) in [5.74, 6) is -0.965. The number of hydrogen-bond donors (Lipinski definition) is 0. The minimum absolute atomic E-state index is 0.0319. The highest BCUT2D eigenvalue weighted by molar-refractivity contribution is 5.87. The Balaban J connectivity index is 2.86. The van der Waals surface area contributed by atoms with E-state index >= 15 is 0 Å². The predicted molar refractivity (Wildman–Crippen MR) is 76.9 cm³/mol. The maximum Gasteiger partial charge on any atom is 0.333 e. The second kappa shape index (κ2) is 6.75. The molecular formula is C16H23NO4. The van der Waals surface area contributed by atoms with E-state index in [1.165, 1.54) is 0 Å². The summed E-state index contributed by atoms with van der Waals surface area (Å²) in [7, 11) is 0. The SMILES string of the molecule is C=C(C)C(=O)OCC1OC(=O)C(C)(C#N)C1CC(C)CC. The van der Waals surface area contributed by atoms with E-state index in [0.29, 0.717) is 17.9 Å². The molecule has 0 radical (unpaired) electrons. The van der Waals surface area contributed by atoms with Crippen molar-refractivity contribution in [2.75, 3.05) is 6.61 Å². The molecule has 0 aliphatic carbocycles. The highest BCUT2D eigenvalue weighted by Gasteiger charge is 2.55. The van der Waals surface area contributed by atoms with Crippen LogP contribution in [0.15, 0.2) is 12.2 Å². The van der Waals surface area contributed by atoms with Crippen LogP contribution in [-0.2, 0) is 19.1 Å². The highest BCUT2D eigenvalue weighted by Crippen LogP contribution is 2.43. The molecule has 5 nitrogen and oxygen atoms in total. The molecule has 1 aliphatic heterocycles. The average Bonchev–Trinajstić information content (AvgIpc) is 2.69. The van der Waals surface area contributed by atoms with E-state index in [0.717, 1.165) is 6.42 Å². The number of nitriles is 1. The lowest BCUT2D eigenvalue weighted by molar-refractivity contribution is -0.152. The van der Waals surface area contributed by atoms with E-state index in [-0.39, 0.29) is 12.5 Å². The van der Waals surface area contributed by atoms with Gasteiger partial charge in [-0.3, -0.25) is 4.79 Å². The number of esters is 2. The normalized spacial score (nSPS) is 29.4. The highest BCUT2D eigenvalue weighted by atomic mass is 16.6. The summed E-state index contributed by atoms with van der Waals surface area (Å²) in [4.78, 5) is 23.5. The molecule has 4 atom stereocenters. The summed E-state index contributed by atoms with van der Waals surface area (Å²) in [6.07, 6.45) is 1.06. The summed E-state index contributed by atoms with van der Waals surface area (Å²) in [5.41, 5.74) is -0.884. The molecule has 1 saturated heterocycles. The molecule has 1 fully saturated rings. The van der Waals surface area contributed by atoms with Crippen molar-refractivity contribution in [1.29, 1.82) is 5.26 Å². The molecule has 0 amide bonds. The summed E-state index contributed by atoms with van der Waals surface area (Å²) in [6.45, 7) is 10.8. The standard InChI is InChI=1S/C16H23NO4/c1-6-11(4)7-12-13(8-20-14(18)10(2)3)21-15(19)16(12,5)9-17/h11-13H,2,6-8H2,1,3-5H3. The van der Waals surface area contributed by atoms with Crippen LogP contribution in [0.2, 0.25) is 0 Å². The molecule has 0 N–H and O–H groups in total. The lowest BCUT2D eigenvalue weighted by Crippen LogP contribution is -2.34. The second-order valence-electron chi connectivity index (χ2n) is 5.99. The number of hydrogen-bond acceptors (Lipinski definition) is 5. The van der Waals surface area contributed by atoms with Gasteiger partial charge in [-0.15, -0.1) is 0 Å². The minimum atomic E-state index is -1.18. The molecule has 116 valence electrons. The van der Waals surface area contributed by atoms with Crippen molar-refractivity contribution in [3.8, 4) is 6.07 Å². The van der Waals surface area contributed by atoms with Gasteiger partial charge in [-0.1, -0.05) is 26.8 Å². The van der Waals surface area contributed by atoms with Gasteiger partial charge in [-0.05, 0) is 26.2 Å². The van der Waals surface area contributed by atoms with Crippen LogP contribution in [0.4, 0.5) is 0 Å². The zero-order chi connectivity index (χ0) is 16.2. The number of carbonyl (C=O) groups excluding carboxylic acids is 2. The third-order valence-corrected chi connectivity index (χ3v) is 4.19. The van der Waals surface area contributed by atoms with Gasteiger partial charge in [0.2, 0.25) is 0 Å². The van der Waals surface area contributed by atoms with Gasteiger partial charge in [0.25, 0.3) is 0 Å². The van der Waals surface area contributed by atoms with Gasteiger partial charge in [-0.2, -0.15) is 5.26 Å². The van der Waals surface area contributed by atoms with Crippen LogP contribution in [0.25, 0.3) is 0 Å². The summed E-state index contributed by atoms with van der Waals surface area (Å²) < 4.78 is 10.4. The fourth-order valence-electron chi connectivity index (χ4n) is 2.41. The van der Waals surface area contributed by atoms with Gasteiger partial charge < -0.3 is 9.47 Å². The van der Waals surface area contributed by atoms with Crippen molar-refractivity contribution in [1.82, 2.24) is 0 Å². The van der Waals surface area contributed by atoms with Crippen LogP contribution >= 0.6 is 0 Å². The van der Waals surface area contributed by atoms with Crippen molar-refractivity contribution in [2.45, 2.75) is 46.6 Å². The molecule has 0 saturated carbocycles. The Morgan fingerprint density at radius 2 is 2.24 bits per heavy atom. The molecule has 0 aromatic rings. The fraction of sp³-hybridized carbons (Fsp3) is 0.688. The Morgan fingerprint density at radius 1 is 1.62 bits per heavy atom. The van der Waals surface area contributed by atoms with Gasteiger partial charge in [0.05, 0.1) is 6.07 Å². The monoisotopic (exact) mass is 293 g/mol. The van der Waals surface area contributed by atoms with E-state index in [4.69, 9.17) is 9.47 Å². The van der Waals surface area contributed by atoms with Crippen molar-refractivity contribution >= 4 is 11.9 Å². The molecule has 0 spiro atoms. The van der Waals surface area contributed by atoms with Crippen LogP contribution in [0, 0.1) is 28.6 Å². The van der Waals surface area contributed by atoms with Crippen molar-refractivity contribution in [2.24, 2.45) is 17.3 Å². The maximum atomic E-state index is 12.0. The second-order valence-corrected chi connectivity index (χ2v) is 5.99. The molecule has 5 heteroatoms. The van der Waals surface area contributed by atoms with E-state index in [2.05, 4.69) is 26.5 Å². The van der Waals surface area contributed by atoms with Crippen molar-refractivity contribution in [3.63, 3.8) is 0 Å². The Kier molecular flexibility index (Phi) is 5.54. The molecule has 1 aliphatic rings. The minimum Gasteiger partial charge on any atom is -0.458 e. The van der Waals surface area contributed by atoms with Crippen molar-refractivity contribution < 1.29 is 19.1 Å². The maximum absolute atomic E-state index is 12.0. The molecule has 21 heavy (non-hydrogen) atoms. The first-order valence-electron chi connectivity index (χ1n) is 7.21. The number of carbonyl (C=O) groups is 2. The van der Waals surface area contributed by atoms with Gasteiger partial charge in [0.1, 0.15) is 12.7 Å². The Hall–Kier alpha value is -1.83. The molecule has 0 aromatic heterocycles. The first-order valence-corrected chi connectivity index (χ1v) is 7.21. The zero-order valence-electron chi connectivity index (χ0n) is 13.1. The van der Waals surface area contributed by atoms with E-state index in [1.54, 1.807) is 13.8 Å². The third kappa shape index (κ3) is 3.63. The van der Waals surface area contributed by atoms with Gasteiger partial charge in [0.15, 0.2) is 5.41 Å². The number of rotatable bonds is 6. The van der Waals surface area contributed by atoms with Crippen LogP contribution in [-0.4, -0.2) is 24.6 Å². The third-order valence-electron chi connectivity index (χ3n) is 4.19. The number of cyclic esters (lactones) is 1. The molecule has 0 aromatic carbocycles. The Bertz CT molecular complexity index is 479. The van der Waals surface area contributed by atoms with Crippen LogP contribution < -0.4 is 0 Å². The van der Waals surface area contributed by atoms with Gasteiger partial charge in [-0.25, -0.2) is 4.79 Å². The van der Waals surface area contributed by atoms with Gasteiger partial charge in [0, 0.05) is 11.5 Å². The summed E-state index contributed by atoms with van der Waals surface area (Å²) >= 11 is 0. The fourth-order valence-corrected chi connectivity index (χ4v) is 2.41. The van der Waals surface area contributed by atoms with Gasteiger partial charge >= 0.3 is 11.9 Å². The summed E-state index contributed by atoms with van der Waals surface area (Å²) in [5, 5.41) is 9.36. The quantitative estimate of drug-likeness (QED) is 0.555. The van der Waals surface area contributed by atoms with E-state index < -0.39 is 23.5 Å². The molecule has 4 unspecified atom stereocenters. The van der Waals surface area contributed by atoms with E-state index in [9.17, 15) is 14.9 Å². The zero-order valence-corrected chi connectivity index (χ0v) is 13.1. The number of nitrogens with zero attached hydrogens (tertiary/aromatic N) is 1. The molecule has 1 heterocycles. The smallest absolute Gasteiger partial charge is 0.333 e. The van der Waals surface area contributed by atoms with E-state index in [1.807, 2.05) is 0 Å². The Labute approximate surface area is 125 Å². The lowest BCUT2D eigenvalue weighted by Gasteiger charge is -2.25. The predicted octanol–water partition coefficient (Wildman–Crippen LogP) is 2.61. The summed E-state index contributed by atoms with van der Waals surface area (Å²) in [6, 6.07) is 2.08. The molecule has 1 rings (SSSR count). The molecule has 0 bridgehead atoms. The Morgan fingerprint density at radius 3 is 2.71 bits per heavy atom. The number of ether oxygens (including phenoxy) is 2. The average molecular weight is 293 g/mol. The largest absolute Gasteiger partial charge is 0.458 e. The van der Waals surface area contributed by atoms with Crippen LogP contribution in [0.1, 0.15) is 40.5 Å². The molecular weight excluding hydrogens is 270 g/mol.